The number of Topliss-reactive ketones (excluding diaryl/α,β-unsaturated/α-hetero) is 1. The van der Waals surface area contributed by atoms with E-state index in [4.69, 9.17) is 4.74 Å². The lowest BCUT2D eigenvalue weighted by Gasteiger charge is -2.07. The number of hydrogen-bond acceptors (Lipinski definition) is 4. The minimum Gasteiger partial charge on any atom is -0.439 e. The van der Waals surface area contributed by atoms with E-state index in [1.54, 1.807) is 30.5 Å². The minimum absolute atomic E-state index is 0.0447. The van der Waals surface area contributed by atoms with E-state index in [0.29, 0.717) is 29.3 Å². The fraction of sp³-hybridized carbons (Fsp3) is 0.296. The first kappa shape index (κ1) is 25.8. The van der Waals surface area contributed by atoms with Crippen molar-refractivity contribution in [2.75, 3.05) is 0 Å². The van der Waals surface area contributed by atoms with Crippen LogP contribution in [0.4, 0.5) is 5.69 Å². The molecule has 1 aliphatic heterocycles. The molecule has 0 unspecified atom stereocenters. The molecule has 0 amide bonds. The number of fused-ring (bicyclic) bond motifs is 1. The highest BCUT2D eigenvalue weighted by Gasteiger charge is 2.21. The van der Waals surface area contributed by atoms with Crippen LogP contribution in [0.2, 0.25) is 0 Å². The summed E-state index contributed by atoms with van der Waals surface area (Å²) in [6, 6.07) is 18.7. The molecule has 2 aromatic carbocycles. The lowest BCUT2D eigenvalue weighted by molar-refractivity contribution is 0.106. The van der Waals surface area contributed by atoms with Crippen LogP contribution in [0, 0.1) is 6.92 Å². The second-order valence-electron chi connectivity index (χ2n) is 5.95. The molecule has 0 fully saturated rings. The Hall–Kier alpha value is -3.27. The zero-order valence-corrected chi connectivity index (χ0v) is 19.8. The van der Waals surface area contributed by atoms with Gasteiger partial charge in [0, 0.05) is 23.7 Å². The molecule has 4 rings (SSSR count). The summed E-state index contributed by atoms with van der Waals surface area (Å²) in [5.74, 6) is 1.17. The number of rotatable bonds is 4. The van der Waals surface area contributed by atoms with Crippen LogP contribution >= 0.6 is 0 Å². The number of aromatic nitrogens is 1. The third-order valence-corrected chi connectivity index (χ3v) is 4.16. The normalized spacial score (nSPS) is 10.6. The van der Waals surface area contributed by atoms with Crippen molar-refractivity contribution in [1.82, 2.24) is 4.98 Å². The number of benzene rings is 2. The highest BCUT2D eigenvalue weighted by Crippen LogP contribution is 2.28. The molecule has 0 bridgehead atoms. The van der Waals surface area contributed by atoms with Crippen molar-refractivity contribution in [1.29, 1.82) is 0 Å². The number of hydrogen-bond donors (Lipinski definition) is 0. The Kier molecular flexibility index (Phi) is 11.5. The molecular weight excluding hydrogens is 384 g/mol. The zero-order chi connectivity index (χ0) is 23.2. The number of ketones is 1. The molecular formula is C27H34N2O2. The van der Waals surface area contributed by atoms with Crippen LogP contribution in [0.25, 0.3) is 0 Å². The van der Waals surface area contributed by atoms with Crippen molar-refractivity contribution < 1.29 is 9.53 Å². The predicted octanol–water partition coefficient (Wildman–Crippen LogP) is 7.77. The van der Waals surface area contributed by atoms with Gasteiger partial charge >= 0.3 is 0 Å². The van der Waals surface area contributed by atoms with E-state index in [0.717, 1.165) is 16.8 Å². The van der Waals surface area contributed by atoms with Gasteiger partial charge in [-0.3, -0.25) is 4.79 Å². The van der Waals surface area contributed by atoms with Crippen LogP contribution in [0.5, 0.6) is 11.6 Å². The number of aliphatic imine (C=N–C) groups is 1. The smallest absolute Gasteiger partial charge is 0.222 e. The van der Waals surface area contributed by atoms with Crippen LogP contribution in [0.3, 0.4) is 0 Å². The van der Waals surface area contributed by atoms with E-state index in [-0.39, 0.29) is 5.78 Å². The number of carbonyl (C=O) groups is 1. The van der Waals surface area contributed by atoms with Crippen LogP contribution in [0.1, 0.15) is 63.0 Å². The van der Waals surface area contributed by atoms with Gasteiger partial charge in [-0.2, -0.15) is 0 Å². The molecule has 0 aliphatic carbocycles. The van der Waals surface area contributed by atoms with E-state index >= 15 is 0 Å². The Morgan fingerprint density at radius 3 is 2.10 bits per heavy atom. The van der Waals surface area contributed by atoms with Crippen LogP contribution in [0.15, 0.2) is 71.9 Å². The van der Waals surface area contributed by atoms with E-state index in [1.807, 2.05) is 84.9 Å². The van der Waals surface area contributed by atoms with Gasteiger partial charge in [0.25, 0.3) is 0 Å². The average molecular weight is 419 g/mol. The molecule has 4 nitrogen and oxygen atoms in total. The summed E-state index contributed by atoms with van der Waals surface area (Å²) in [7, 11) is 0. The maximum Gasteiger partial charge on any atom is 0.222 e. The van der Waals surface area contributed by atoms with Crippen LogP contribution in [-0.4, -0.2) is 16.5 Å². The monoisotopic (exact) mass is 418 g/mol. The third kappa shape index (κ3) is 6.88. The van der Waals surface area contributed by atoms with E-state index < -0.39 is 0 Å². The molecule has 0 saturated heterocycles. The Morgan fingerprint density at radius 2 is 1.48 bits per heavy atom. The maximum atomic E-state index is 12.7. The first-order valence-corrected chi connectivity index (χ1v) is 11.1. The average Bonchev–Trinajstić information content (AvgIpc) is 3.29. The molecule has 2 heterocycles. The molecule has 4 heteroatoms. The van der Waals surface area contributed by atoms with Gasteiger partial charge in [-0.25, -0.2) is 9.98 Å². The second kappa shape index (κ2) is 13.9. The summed E-state index contributed by atoms with van der Waals surface area (Å²) in [4.78, 5) is 21.3. The van der Waals surface area contributed by atoms with Gasteiger partial charge in [-0.15, -0.1) is 0 Å². The predicted molar refractivity (Wildman–Crippen MR) is 131 cm³/mol. The van der Waals surface area contributed by atoms with Crippen molar-refractivity contribution >= 4 is 17.2 Å². The molecule has 0 spiro atoms. The lowest BCUT2D eigenvalue weighted by Crippen LogP contribution is -2.14. The van der Waals surface area contributed by atoms with Gasteiger partial charge in [0.05, 0.1) is 11.4 Å². The van der Waals surface area contributed by atoms with Crippen molar-refractivity contribution in [3.8, 4) is 11.6 Å². The van der Waals surface area contributed by atoms with Gasteiger partial charge in [-0.1, -0.05) is 65.8 Å². The standard InChI is InChI=1S/C21H16N2O2.3C2H6/c1-14-5-4-12-22-21(14)25-17-10-8-15(9-11-17)20(24)19-13-16-6-2-3-7-18(16)23-19;3*1-2/h2-12H,13H2,1H3;3*1-2H3. The molecule has 1 aliphatic rings. The summed E-state index contributed by atoms with van der Waals surface area (Å²) in [6.45, 7) is 13.9. The Morgan fingerprint density at radius 1 is 0.839 bits per heavy atom. The maximum absolute atomic E-state index is 12.7. The van der Waals surface area contributed by atoms with Crippen molar-refractivity contribution in [3.05, 3.63) is 83.6 Å². The topological polar surface area (TPSA) is 51.5 Å². The van der Waals surface area contributed by atoms with Crippen LogP contribution in [-0.2, 0) is 6.42 Å². The SMILES string of the molecule is CC.CC.CC.Cc1cccnc1Oc1ccc(C(=O)C2=Nc3ccccc3C2)cc1. The fourth-order valence-electron chi connectivity index (χ4n) is 2.80. The number of ether oxygens (including phenoxy) is 1. The summed E-state index contributed by atoms with van der Waals surface area (Å²) >= 11 is 0. The van der Waals surface area contributed by atoms with Crippen molar-refractivity contribution in [3.63, 3.8) is 0 Å². The first-order valence-electron chi connectivity index (χ1n) is 11.1. The molecule has 164 valence electrons. The third-order valence-electron chi connectivity index (χ3n) is 4.16. The van der Waals surface area contributed by atoms with Crippen molar-refractivity contribution in [2.24, 2.45) is 4.99 Å². The molecule has 0 N–H and O–H groups in total. The lowest BCUT2D eigenvalue weighted by atomic mass is 10.0. The summed E-state index contributed by atoms with van der Waals surface area (Å²) in [5, 5.41) is 0. The number of nitrogens with zero attached hydrogens (tertiary/aromatic N) is 2. The van der Waals surface area contributed by atoms with E-state index in [9.17, 15) is 4.79 Å². The van der Waals surface area contributed by atoms with Crippen molar-refractivity contribution in [2.45, 2.75) is 54.9 Å². The summed E-state index contributed by atoms with van der Waals surface area (Å²) < 4.78 is 5.77. The van der Waals surface area contributed by atoms with Gasteiger partial charge in [-0.05, 0) is 48.9 Å². The summed E-state index contributed by atoms with van der Waals surface area (Å²) in [5.41, 5.74) is 4.13. The van der Waals surface area contributed by atoms with Gasteiger partial charge < -0.3 is 4.74 Å². The van der Waals surface area contributed by atoms with E-state index in [1.165, 1.54) is 0 Å². The molecule has 3 aromatic rings. The number of carbonyl (C=O) groups excluding carboxylic acids is 1. The minimum atomic E-state index is -0.0447. The Balaban J connectivity index is 0.000000739. The number of pyridine rings is 1. The van der Waals surface area contributed by atoms with Gasteiger partial charge in [0.2, 0.25) is 11.7 Å². The fourth-order valence-corrected chi connectivity index (χ4v) is 2.80. The van der Waals surface area contributed by atoms with Crippen LogP contribution < -0.4 is 4.74 Å². The molecule has 31 heavy (non-hydrogen) atoms. The first-order chi connectivity index (χ1) is 15.2. The Bertz CT molecular complexity index is 977. The molecule has 0 atom stereocenters. The van der Waals surface area contributed by atoms with E-state index in [2.05, 4.69) is 9.98 Å². The molecule has 1 aromatic heterocycles. The van der Waals surface area contributed by atoms with Gasteiger partial charge in [0.15, 0.2) is 0 Å². The second-order valence-corrected chi connectivity index (χ2v) is 5.95. The quantitative estimate of drug-likeness (QED) is 0.407. The largest absolute Gasteiger partial charge is 0.439 e. The number of aryl methyl sites for hydroxylation is 1. The highest BCUT2D eigenvalue weighted by atomic mass is 16.5. The number of para-hydroxylation sites is 1. The molecule has 0 saturated carbocycles. The highest BCUT2D eigenvalue weighted by molar-refractivity contribution is 6.47. The Labute approximate surface area is 187 Å². The molecule has 0 radical (unpaired) electrons. The zero-order valence-electron chi connectivity index (χ0n) is 19.8. The summed E-state index contributed by atoms with van der Waals surface area (Å²) in [6.07, 6.45) is 2.27. The van der Waals surface area contributed by atoms with Gasteiger partial charge in [0.1, 0.15) is 5.75 Å².